The summed E-state index contributed by atoms with van der Waals surface area (Å²) in [6.45, 7) is 4.27. The van der Waals surface area contributed by atoms with E-state index in [1.807, 2.05) is 0 Å². The highest BCUT2D eigenvalue weighted by molar-refractivity contribution is 14.0. The Bertz CT molecular complexity index is 605. The van der Waals surface area contributed by atoms with Crippen LogP contribution in [0, 0.1) is 12.8 Å². The number of hydrogen-bond acceptors (Lipinski definition) is 3. The van der Waals surface area contributed by atoms with Crippen molar-refractivity contribution >= 4 is 35.8 Å². The predicted octanol–water partition coefficient (Wildman–Crippen LogP) is 2.72. The zero-order valence-corrected chi connectivity index (χ0v) is 19.2. The second kappa shape index (κ2) is 12.2. The third kappa shape index (κ3) is 7.65. The number of aliphatic imine (C=N–C) groups is 1. The van der Waals surface area contributed by atoms with Crippen molar-refractivity contribution in [3.8, 4) is 0 Å². The van der Waals surface area contributed by atoms with Crippen molar-refractivity contribution in [2.75, 3.05) is 40.8 Å². The van der Waals surface area contributed by atoms with Gasteiger partial charge in [-0.25, -0.2) is 0 Å². The van der Waals surface area contributed by atoms with E-state index in [1.165, 1.54) is 11.1 Å². The molecule has 2 rings (SSSR count). The fraction of sp³-hybridized carbons (Fsp3) is 0.600. The van der Waals surface area contributed by atoms with Gasteiger partial charge in [-0.05, 0) is 25.3 Å². The number of amides is 1. The van der Waals surface area contributed by atoms with Gasteiger partial charge in [-0.15, -0.1) is 24.0 Å². The molecule has 7 heteroatoms. The summed E-state index contributed by atoms with van der Waals surface area (Å²) in [5.74, 6) is 1.23. The van der Waals surface area contributed by atoms with Crippen molar-refractivity contribution in [1.82, 2.24) is 15.5 Å². The Kier molecular flexibility index (Phi) is 10.7. The van der Waals surface area contributed by atoms with E-state index < -0.39 is 0 Å². The third-order valence-corrected chi connectivity index (χ3v) is 4.74. The van der Waals surface area contributed by atoms with E-state index in [1.54, 1.807) is 26.0 Å². The van der Waals surface area contributed by atoms with Gasteiger partial charge in [-0.2, -0.15) is 0 Å². The molecule has 1 saturated heterocycles. The number of guanidine groups is 1. The van der Waals surface area contributed by atoms with Gasteiger partial charge in [-0.3, -0.25) is 9.79 Å². The first-order chi connectivity index (χ1) is 12.5. The summed E-state index contributed by atoms with van der Waals surface area (Å²) >= 11 is 0. The van der Waals surface area contributed by atoms with Crippen LogP contribution in [0.15, 0.2) is 29.3 Å². The first kappa shape index (κ1) is 23.7. The molecule has 2 N–H and O–H groups in total. The first-order valence-corrected chi connectivity index (χ1v) is 9.34. The van der Waals surface area contributed by atoms with Gasteiger partial charge in [0.15, 0.2) is 5.96 Å². The highest BCUT2D eigenvalue weighted by atomic mass is 127. The number of carbonyl (C=O) groups excluding carboxylic acids is 1. The maximum absolute atomic E-state index is 11.7. The highest BCUT2D eigenvalue weighted by Crippen LogP contribution is 2.33. The summed E-state index contributed by atoms with van der Waals surface area (Å²) in [4.78, 5) is 17.5. The maximum Gasteiger partial charge on any atom is 0.223 e. The first-order valence-electron chi connectivity index (χ1n) is 9.34. The summed E-state index contributed by atoms with van der Waals surface area (Å²) in [6, 6.07) is 8.61. The lowest BCUT2D eigenvalue weighted by Gasteiger charge is -2.32. The summed E-state index contributed by atoms with van der Waals surface area (Å²) in [5.41, 5.74) is 2.50. The van der Waals surface area contributed by atoms with Crippen LogP contribution >= 0.6 is 24.0 Å². The molecule has 0 aromatic heterocycles. The van der Waals surface area contributed by atoms with E-state index in [0.717, 1.165) is 32.0 Å². The summed E-state index contributed by atoms with van der Waals surface area (Å²) in [5, 5.41) is 6.59. The van der Waals surface area contributed by atoms with Crippen LogP contribution in [0.4, 0.5) is 0 Å². The molecule has 1 heterocycles. The normalized spacial score (nSPS) is 19.8. The zero-order chi connectivity index (χ0) is 18.9. The zero-order valence-electron chi connectivity index (χ0n) is 16.8. The van der Waals surface area contributed by atoms with E-state index in [9.17, 15) is 4.79 Å². The van der Waals surface area contributed by atoms with Crippen LogP contribution in [0.3, 0.4) is 0 Å². The highest BCUT2D eigenvalue weighted by Gasteiger charge is 2.27. The minimum atomic E-state index is 0. The van der Waals surface area contributed by atoms with Crippen molar-refractivity contribution in [2.45, 2.75) is 32.3 Å². The van der Waals surface area contributed by atoms with Gasteiger partial charge in [-0.1, -0.05) is 29.8 Å². The van der Waals surface area contributed by atoms with Crippen LogP contribution in [0.25, 0.3) is 0 Å². The Hall–Kier alpha value is -1.35. The van der Waals surface area contributed by atoms with E-state index in [-0.39, 0.29) is 36.0 Å². The fourth-order valence-corrected chi connectivity index (χ4v) is 3.14. The van der Waals surface area contributed by atoms with Gasteiger partial charge in [0.05, 0.1) is 6.10 Å². The minimum Gasteiger partial charge on any atom is -0.373 e. The van der Waals surface area contributed by atoms with Gasteiger partial charge in [0, 0.05) is 53.2 Å². The van der Waals surface area contributed by atoms with E-state index in [2.05, 4.69) is 46.8 Å². The lowest BCUT2D eigenvalue weighted by Crippen LogP contribution is -2.43. The number of carbonyl (C=O) groups is 1. The molecule has 1 aromatic carbocycles. The minimum absolute atomic E-state index is 0. The lowest BCUT2D eigenvalue weighted by molar-refractivity contribution is -0.128. The number of rotatable bonds is 6. The molecule has 1 aromatic rings. The van der Waals surface area contributed by atoms with Crippen molar-refractivity contribution in [3.63, 3.8) is 0 Å². The molecule has 0 spiro atoms. The number of halogens is 1. The summed E-state index contributed by atoms with van der Waals surface area (Å²) in [7, 11) is 5.28. The number of aryl methyl sites for hydroxylation is 1. The molecule has 2 atom stereocenters. The van der Waals surface area contributed by atoms with E-state index >= 15 is 0 Å². The van der Waals surface area contributed by atoms with Crippen molar-refractivity contribution < 1.29 is 9.53 Å². The molecule has 0 saturated carbocycles. The molecular formula is C20H33IN4O2. The Morgan fingerprint density at radius 2 is 1.96 bits per heavy atom. The van der Waals surface area contributed by atoms with Crippen LogP contribution in [0.2, 0.25) is 0 Å². The second-order valence-electron chi connectivity index (χ2n) is 7.02. The topological polar surface area (TPSA) is 66.0 Å². The lowest BCUT2D eigenvalue weighted by atomic mass is 9.89. The number of hydrogen-bond donors (Lipinski definition) is 2. The molecule has 1 aliphatic rings. The molecular weight excluding hydrogens is 455 g/mol. The Morgan fingerprint density at radius 3 is 2.59 bits per heavy atom. The number of nitrogens with zero attached hydrogens (tertiary/aromatic N) is 2. The average molecular weight is 488 g/mol. The third-order valence-electron chi connectivity index (χ3n) is 4.74. The molecule has 6 nitrogen and oxygen atoms in total. The molecule has 0 radical (unpaired) electrons. The fourth-order valence-electron chi connectivity index (χ4n) is 3.14. The molecule has 0 aliphatic carbocycles. The van der Waals surface area contributed by atoms with Crippen LogP contribution < -0.4 is 10.6 Å². The molecule has 152 valence electrons. The van der Waals surface area contributed by atoms with Crippen LogP contribution in [0.1, 0.15) is 36.5 Å². The molecule has 1 fully saturated rings. The van der Waals surface area contributed by atoms with E-state index in [0.29, 0.717) is 18.9 Å². The average Bonchev–Trinajstić information content (AvgIpc) is 2.65. The van der Waals surface area contributed by atoms with Crippen molar-refractivity contribution in [3.05, 3.63) is 35.4 Å². The van der Waals surface area contributed by atoms with Gasteiger partial charge in [0.25, 0.3) is 0 Å². The second-order valence-corrected chi connectivity index (χ2v) is 7.02. The van der Waals surface area contributed by atoms with Gasteiger partial charge < -0.3 is 20.3 Å². The summed E-state index contributed by atoms with van der Waals surface area (Å²) < 4.78 is 6.07. The molecule has 1 aliphatic heterocycles. The number of benzene rings is 1. The van der Waals surface area contributed by atoms with Crippen LogP contribution in [-0.2, 0) is 9.53 Å². The van der Waals surface area contributed by atoms with Crippen LogP contribution in [0.5, 0.6) is 0 Å². The monoisotopic (exact) mass is 488 g/mol. The standard InChI is InChI=1S/C20H32N4O2.HI/c1-15-7-9-16(10-8-15)19-17(6-5-13-26-19)14-23-20(21-2)22-12-11-18(25)24(3)4;/h7-10,17,19H,5-6,11-14H2,1-4H3,(H2,21,22,23);1H. The SMILES string of the molecule is CN=C(NCCC(=O)N(C)C)NCC1CCCOC1c1ccc(C)cc1.I. The van der Waals surface area contributed by atoms with Gasteiger partial charge in [0.2, 0.25) is 5.91 Å². The largest absolute Gasteiger partial charge is 0.373 e. The Morgan fingerprint density at radius 1 is 1.26 bits per heavy atom. The quantitative estimate of drug-likeness (QED) is 0.367. The number of nitrogens with one attached hydrogen (secondary N) is 2. The molecule has 1 amide bonds. The van der Waals surface area contributed by atoms with Crippen LogP contribution in [-0.4, -0.2) is 57.6 Å². The maximum atomic E-state index is 11.7. The van der Waals surface area contributed by atoms with Crippen molar-refractivity contribution in [1.29, 1.82) is 0 Å². The molecule has 2 unspecified atom stereocenters. The Balaban J connectivity index is 0.00000364. The predicted molar refractivity (Wildman–Crippen MR) is 121 cm³/mol. The summed E-state index contributed by atoms with van der Waals surface area (Å²) in [6.07, 6.45) is 2.77. The smallest absolute Gasteiger partial charge is 0.223 e. The molecule has 27 heavy (non-hydrogen) atoms. The number of ether oxygens (including phenoxy) is 1. The van der Waals surface area contributed by atoms with Gasteiger partial charge in [0.1, 0.15) is 0 Å². The van der Waals surface area contributed by atoms with Crippen molar-refractivity contribution in [2.24, 2.45) is 10.9 Å². The Labute approximate surface area is 180 Å². The molecule has 0 bridgehead atoms. The van der Waals surface area contributed by atoms with Gasteiger partial charge >= 0.3 is 0 Å². The van der Waals surface area contributed by atoms with E-state index in [4.69, 9.17) is 4.74 Å².